The molecule has 1 aromatic rings. The zero-order valence-electron chi connectivity index (χ0n) is 21.0. The van der Waals surface area contributed by atoms with Gasteiger partial charge in [-0.1, -0.05) is 6.92 Å². The van der Waals surface area contributed by atoms with E-state index in [9.17, 15) is 19.5 Å². The zero-order chi connectivity index (χ0) is 25.7. The summed E-state index contributed by atoms with van der Waals surface area (Å²) in [4.78, 5) is 42.6. The second kappa shape index (κ2) is 9.75. The van der Waals surface area contributed by atoms with Crippen molar-refractivity contribution in [2.45, 2.75) is 68.9 Å². The number of hydrogen-bond acceptors (Lipinski definition) is 9. The topological polar surface area (TPSA) is 146 Å². The molecule has 0 radical (unpaired) electrons. The van der Waals surface area contributed by atoms with Crippen LogP contribution in [0.2, 0.25) is 0 Å². The molecule has 1 aromatic heterocycles. The largest absolute Gasteiger partial charge is 0.390 e. The van der Waals surface area contributed by atoms with Crippen molar-refractivity contribution in [2.24, 2.45) is 11.8 Å². The van der Waals surface area contributed by atoms with E-state index in [0.717, 1.165) is 23.6 Å². The van der Waals surface area contributed by atoms with Crippen LogP contribution in [0.3, 0.4) is 0 Å². The third-order valence-corrected chi connectivity index (χ3v) is 9.24. The molecule has 2 saturated heterocycles. The highest BCUT2D eigenvalue weighted by Crippen LogP contribution is 2.51. The first-order valence-electron chi connectivity index (χ1n) is 12.5. The average Bonchev–Trinajstić information content (AvgIpc) is 3.29. The van der Waals surface area contributed by atoms with Gasteiger partial charge in [0, 0.05) is 48.7 Å². The Balaban J connectivity index is 1.21. The smallest absolute Gasteiger partial charge is 0.242 e. The Morgan fingerprint density at radius 1 is 1.33 bits per heavy atom. The minimum Gasteiger partial charge on any atom is -0.390 e. The third kappa shape index (κ3) is 4.41. The zero-order valence-corrected chi connectivity index (χ0v) is 21.9. The van der Waals surface area contributed by atoms with Gasteiger partial charge in [0.25, 0.3) is 0 Å². The van der Waals surface area contributed by atoms with Crippen molar-refractivity contribution < 1.29 is 19.5 Å². The number of fused-ring (bicyclic) bond motifs is 1. The second-order valence-electron chi connectivity index (χ2n) is 10.5. The molecule has 1 aliphatic carbocycles. The highest BCUT2D eigenvalue weighted by molar-refractivity contribution is 8.03. The van der Waals surface area contributed by atoms with Crippen molar-refractivity contribution in [3.8, 4) is 0 Å². The highest BCUT2D eigenvalue weighted by atomic mass is 32.2. The maximum atomic E-state index is 13.2. The Kier molecular flexibility index (Phi) is 6.81. The molecule has 3 fully saturated rings. The number of nitrogens with one attached hydrogen (secondary N) is 2. The molecule has 4 aliphatic rings. The van der Waals surface area contributed by atoms with Crippen molar-refractivity contribution >= 4 is 29.5 Å². The summed E-state index contributed by atoms with van der Waals surface area (Å²) in [5.74, 6) is 0.481. The molecule has 3 amide bonds. The van der Waals surface area contributed by atoms with E-state index in [4.69, 9.17) is 0 Å². The van der Waals surface area contributed by atoms with Gasteiger partial charge in [-0.25, -0.2) is 4.68 Å². The molecule has 0 spiro atoms. The molecule has 0 bridgehead atoms. The molecular weight excluding hydrogens is 484 g/mol. The summed E-state index contributed by atoms with van der Waals surface area (Å²) in [6.07, 6.45) is 2.77. The van der Waals surface area contributed by atoms with Gasteiger partial charge in [0.1, 0.15) is 6.54 Å². The van der Waals surface area contributed by atoms with Crippen molar-refractivity contribution in [2.75, 3.05) is 27.2 Å². The van der Waals surface area contributed by atoms with Gasteiger partial charge in [-0.15, -0.1) is 16.9 Å². The number of aromatic nitrogens is 4. The minimum atomic E-state index is -0.370. The molecule has 4 heterocycles. The molecule has 0 unspecified atom stereocenters. The fraction of sp³-hybridized carbons (Fsp3) is 0.739. The first-order valence-corrected chi connectivity index (χ1v) is 13.4. The standard InChI is InChI=1S/C23H34N8O4S/c1-11-19-18(12(2)25-17(33)9-30-21(13-5-6-13)26-27-28-30)23(35)31(19)16(10-32)20(11)36-14-7-15(24-8-14)22(34)29(3)4/h11-15,18-19,24,32H,5-10H2,1-4H3,(H,25,33)/t11-,12-,14+,15+,18-,19-/m1/s1. The Morgan fingerprint density at radius 3 is 2.75 bits per heavy atom. The Labute approximate surface area is 214 Å². The van der Waals surface area contributed by atoms with E-state index < -0.39 is 0 Å². The van der Waals surface area contributed by atoms with Crippen LogP contribution in [0.1, 0.15) is 44.9 Å². The number of aliphatic hydroxyl groups is 1. The molecule has 6 atom stereocenters. The van der Waals surface area contributed by atoms with Crippen LogP contribution in [-0.2, 0) is 20.9 Å². The maximum absolute atomic E-state index is 13.2. The van der Waals surface area contributed by atoms with E-state index in [1.807, 2.05) is 6.92 Å². The monoisotopic (exact) mass is 518 g/mol. The van der Waals surface area contributed by atoms with E-state index in [1.54, 1.807) is 35.7 Å². The fourth-order valence-electron chi connectivity index (χ4n) is 5.71. The number of aliphatic hydroxyl groups excluding tert-OH is 1. The number of β-lactam (4-membered cyclic amide) rings is 1. The lowest BCUT2D eigenvalue weighted by Crippen LogP contribution is -2.66. The molecule has 3 N–H and O–H groups in total. The lowest BCUT2D eigenvalue weighted by molar-refractivity contribution is -0.155. The van der Waals surface area contributed by atoms with Gasteiger partial charge in [0.2, 0.25) is 17.7 Å². The number of likely N-dealkylation sites (N-methyl/N-ethyl adjacent to an activating group) is 1. The average molecular weight is 519 g/mol. The van der Waals surface area contributed by atoms with Crippen LogP contribution in [0.4, 0.5) is 0 Å². The van der Waals surface area contributed by atoms with Gasteiger partial charge in [-0.2, -0.15) is 0 Å². The van der Waals surface area contributed by atoms with E-state index in [0.29, 0.717) is 24.6 Å². The maximum Gasteiger partial charge on any atom is 0.242 e. The van der Waals surface area contributed by atoms with Crippen LogP contribution in [0.15, 0.2) is 10.6 Å². The number of thioether (sulfide) groups is 1. The first-order chi connectivity index (χ1) is 17.2. The molecule has 196 valence electrons. The van der Waals surface area contributed by atoms with Crippen molar-refractivity contribution in [1.82, 2.24) is 40.6 Å². The molecule has 1 saturated carbocycles. The number of carbonyl (C=O) groups is 3. The number of rotatable bonds is 9. The van der Waals surface area contributed by atoms with Crippen LogP contribution >= 0.6 is 11.8 Å². The highest BCUT2D eigenvalue weighted by Gasteiger charge is 2.58. The van der Waals surface area contributed by atoms with Crippen molar-refractivity contribution in [3.63, 3.8) is 0 Å². The molecule has 12 nitrogen and oxygen atoms in total. The number of amides is 3. The van der Waals surface area contributed by atoms with Crippen LogP contribution in [-0.4, -0.2) is 103 Å². The Morgan fingerprint density at radius 2 is 2.08 bits per heavy atom. The fourth-order valence-corrected chi connectivity index (χ4v) is 7.19. The van der Waals surface area contributed by atoms with Gasteiger partial charge in [-0.3, -0.25) is 14.4 Å². The summed E-state index contributed by atoms with van der Waals surface area (Å²) in [6.45, 7) is 4.43. The summed E-state index contributed by atoms with van der Waals surface area (Å²) in [7, 11) is 3.50. The predicted octanol–water partition coefficient (Wildman–Crippen LogP) is -0.712. The molecule has 13 heteroatoms. The van der Waals surface area contributed by atoms with E-state index in [1.165, 1.54) is 4.68 Å². The predicted molar refractivity (Wildman–Crippen MR) is 131 cm³/mol. The molecule has 3 aliphatic heterocycles. The van der Waals surface area contributed by atoms with E-state index in [-0.39, 0.29) is 66.1 Å². The lowest BCUT2D eigenvalue weighted by Gasteiger charge is -2.48. The normalized spacial score (nSPS) is 30.3. The Bertz CT molecular complexity index is 1090. The summed E-state index contributed by atoms with van der Waals surface area (Å²) in [6, 6.07) is -0.690. The van der Waals surface area contributed by atoms with Crippen LogP contribution in [0.25, 0.3) is 0 Å². The molecule has 0 aromatic carbocycles. The number of hydrogen-bond donors (Lipinski definition) is 3. The summed E-state index contributed by atoms with van der Waals surface area (Å²) >= 11 is 1.66. The third-order valence-electron chi connectivity index (χ3n) is 7.69. The van der Waals surface area contributed by atoms with Gasteiger partial charge < -0.3 is 25.5 Å². The second-order valence-corrected chi connectivity index (χ2v) is 11.8. The van der Waals surface area contributed by atoms with E-state index in [2.05, 4.69) is 33.1 Å². The van der Waals surface area contributed by atoms with Crippen molar-refractivity contribution in [3.05, 3.63) is 16.4 Å². The molecule has 5 rings (SSSR count). The molecule has 36 heavy (non-hydrogen) atoms. The van der Waals surface area contributed by atoms with Gasteiger partial charge in [-0.05, 0) is 36.6 Å². The lowest BCUT2D eigenvalue weighted by atomic mass is 9.78. The summed E-state index contributed by atoms with van der Waals surface area (Å²) in [5, 5.41) is 28.3. The van der Waals surface area contributed by atoms with E-state index >= 15 is 0 Å². The van der Waals surface area contributed by atoms with Crippen LogP contribution < -0.4 is 10.6 Å². The van der Waals surface area contributed by atoms with Gasteiger partial charge >= 0.3 is 0 Å². The van der Waals surface area contributed by atoms with Crippen molar-refractivity contribution in [1.29, 1.82) is 0 Å². The van der Waals surface area contributed by atoms with Gasteiger partial charge in [0.05, 0.1) is 30.3 Å². The van der Waals surface area contributed by atoms with Crippen LogP contribution in [0, 0.1) is 11.8 Å². The summed E-state index contributed by atoms with van der Waals surface area (Å²) < 4.78 is 1.54. The van der Waals surface area contributed by atoms with Crippen LogP contribution in [0.5, 0.6) is 0 Å². The summed E-state index contributed by atoms with van der Waals surface area (Å²) in [5.41, 5.74) is 0.655. The minimum absolute atomic E-state index is 0.0246. The Hall–Kier alpha value is -2.51. The number of tetrazole rings is 1. The molecular formula is C23H34N8O4S. The number of nitrogens with zero attached hydrogens (tertiary/aromatic N) is 6. The quantitative estimate of drug-likeness (QED) is 0.361. The SMILES string of the molecule is C[C@@H](NC(=O)Cn1nnnc1C1CC1)[C@H]1C(=O)N2C(CO)=C(S[C@@H]3CN[C@H](C(=O)N(C)C)C3)[C@H](C)[C@H]12. The first kappa shape index (κ1) is 25.2. The number of carbonyl (C=O) groups excluding carboxylic acids is 3. The van der Waals surface area contributed by atoms with Gasteiger partial charge in [0.15, 0.2) is 5.82 Å².